The number of benzene rings is 1. The minimum absolute atomic E-state index is 0.229. The molecule has 0 saturated carbocycles. The first-order valence-electron chi connectivity index (χ1n) is 7.38. The lowest BCUT2D eigenvalue weighted by molar-refractivity contribution is -0.125. The second kappa shape index (κ2) is 5.92. The normalized spacial score (nSPS) is 16.5. The minimum Gasteiger partial charge on any atom is -0.438 e. The van der Waals surface area contributed by atoms with E-state index in [2.05, 4.69) is 11.1 Å². The highest BCUT2D eigenvalue weighted by atomic mass is 16.5. The number of anilines is 1. The highest BCUT2D eigenvalue weighted by Crippen LogP contribution is 2.32. The SMILES string of the molecule is Cc1cc(C)c(C#N)c(Oc2ccc3c(c2)CC(N)C(=O)N3O)n1. The van der Waals surface area contributed by atoms with Gasteiger partial charge in [-0.3, -0.25) is 10.0 Å². The molecule has 7 nitrogen and oxygen atoms in total. The average Bonchev–Trinajstić information content (AvgIpc) is 2.52. The molecule has 1 aromatic heterocycles. The molecule has 1 unspecified atom stereocenters. The van der Waals surface area contributed by atoms with Gasteiger partial charge in [0.1, 0.15) is 17.4 Å². The van der Waals surface area contributed by atoms with E-state index in [-0.39, 0.29) is 5.88 Å². The molecule has 1 amide bonds. The van der Waals surface area contributed by atoms with Crippen LogP contribution in [0.25, 0.3) is 0 Å². The first-order chi connectivity index (χ1) is 11.4. The van der Waals surface area contributed by atoms with Gasteiger partial charge >= 0.3 is 0 Å². The van der Waals surface area contributed by atoms with Crippen LogP contribution >= 0.6 is 0 Å². The molecule has 3 rings (SSSR count). The molecule has 2 heterocycles. The van der Waals surface area contributed by atoms with Crippen molar-refractivity contribution in [1.82, 2.24) is 4.98 Å². The molecule has 0 fully saturated rings. The van der Waals surface area contributed by atoms with Crippen molar-refractivity contribution in [1.29, 1.82) is 5.26 Å². The highest BCUT2D eigenvalue weighted by molar-refractivity contribution is 5.98. The smallest absolute Gasteiger partial charge is 0.267 e. The van der Waals surface area contributed by atoms with Crippen LogP contribution in [0.1, 0.15) is 22.4 Å². The molecule has 0 bridgehead atoms. The Morgan fingerprint density at radius 2 is 2.17 bits per heavy atom. The Bertz CT molecular complexity index is 873. The molecular formula is C17H16N4O3. The third-order valence-electron chi connectivity index (χ3n) is 3.88. The van der Waals surface area contributed by atoms with E-state index in [0.29, 0.717) is 34.0 Å². The van der Waals surface area contributed by atoms with Gasteiger partial charge in [-0.1, -0.05) is 0 Å². The Hall–Kier alpha value is -2.95. The van der Waals surface area contributed by atoms with Crippen molar-refractivity contribution < 1.29 is 14.7 Å². The van der Waals surface area contributed by atoms with Crippen LogP contribution < -0.4 is 15.5 Å². The molecule has 122 valence electrons. The molecule has 2 aromatic rings. The molecule has 0 radical (unpaired) electrons. The van der Waals surface area contributed by atoms with E-state index >= 15 is 0 Å². The number of aromatic nitrogens is 1. The molecule has 0 saturated heterocycles. The van der Waals surface area contributed by atoms with Crippen LogP contribution in [0.4, 0.5) is 5.69 Å². The van der Waals surface area contributed by atoms with Gasteiger partial charge in [-0.25, -0.2) is 4.98 Å². The predicted octanol–water partition coefficient (Wildman–Crippen LogP) is 1.97. The molecule has 24 heavy (non-hydrogen) atoms. The van der Waals surface area contributed by atoms with Gasteiger partial charge in [-0.2, -0.15) is 10.3 Å². The summed E-state index contributed by atoms with van der Waals surface area (Å²) in [6.45, 7) is 3.64. The number of hydrogen-bond donors (Lipinski definition) is 2. The number of ether oxygens (including phenoxy) is 1. The molecule has 0 spiro atoms. The zero-order valence-electron chi connectivity index (χ0n) is 13.3. The highest BCUT2D eigenvalue weighted by Gasteiger charge is 2.30. The van der Waals surface area contributed by atoms with E-state index in [4.69, 9.17) is 10.5 Å². The van der Waals surface area contributed by atoms with Crippen LogP contribution in [-0.2, 0) is 11.2 Å². The standard InChI is InChI=1S/C17H16N4O3/c1-9-5-10(2)20-16(13(9)8-18)24-12-3-4-15-11(6-12)7-14(19)17(22)21(15)23/h3-6,14,23H,7,19H2,1-2H3. The largest absolute Gasteiger partial charge is 0.438 e. The van der Waals surface area contributed by atoms with Crippen molar-refractivity contribution >= 4 is 11.6 Å². The topological polar surface area (TPSA) is 112 Å². The number of nitrogens with zero attached hydrogens (tertiary/aromatic N) is 3. The van der Waals surface area contributed by atoms with Gasteiger partial charge in [-0.05, 0) is 55.7 Å². The Morgan fingerprint density at radius 1 is 1.42 bits per heavy atom. The number of fused-ring (bicyclic) bond motifs is 1. The van der Waals surface area contributed by atoms with Gasteiger partial charge in [0.05, 0.1) is 11.7 Å². The number of nitriles is 1. The van der Waals surface area contributed by atoms with Crippen LogP contribution in [0.3, 0.4) is 0 Å². The fourth-order valence-electron chi connectivity index (χ4n) is 2.72. The van der Waals surface area contributed by atoms with Gasteiger partial charge in [-0.15, -0.1) is 0 Å². The molecule has 1 atom stereocenters. The summed E-state index contributed by atoms with van der Waals surface area (Å²) in [7, 11) is 0. The zero-order chi connectivity index (χ0) is 17.4. The average molecular weight is 324 g/mol. The summed E-state index contributed by atoms with van der Waals surface area (Å²) in [4.78, 5) is 16.0. The summed E-state index contributed by atoms with van der Waals surface area (Å²) in [6, 6.07) is 7.97. The number of nitrogens with two attached hydrogens (primary N) is 1. The van der Waals surface area contributed by atoms with E-state index in [9.17, 15) is 15.3 Å². The van der Waals surface area contributed by atoms with Gasteiger partial charge in [0, 0.05) is 5.69 Å². The van der Waals surface area contributed by atoms with Crippen LogP contribution in [-0.4, -0.2) is 22.1 Å². The third kappa shape index (κ3) is 2.69. The maximum atomic E-state index is 11.7. The summed E-state index contributed by atoms with van der Waals surface area (Å²) in [5.41, 5.74) is 8.68. The number of hydroxylamine groups is 1. The quantitative estimate of drug-likeness (QED) is 0.817. The molecule has 1 aliphatic rings. The van der Waals surface area contributed by atoms with Crippen molar-refractivity contribution in [2.75, 3.05) is 5.06 Å². The summed E-state index contributed by atoms with van der Waals surface area (Å²) < 4.78 is 5.77. The second-order valence-corrected chi connectivity index (χ2v) is 5.73. The van der Waals surface area contributed by atoms with Crippen LogP contribution in [0, 0.1) is 25.2 Å². The molecule has 0 aliphatic carbocycles. The maximum Gasteiger partial charge on any atom is 0.267 e. The van der Waals surface area contributed by atoms with Crippen LogP contribution in [0.2, 0.25) is 0 Å². The van der Waals surface area contributed by atoms with Crippen LogP contribution in [0.15, 0.2) is 24.3 Å². The Kier molecular flexibility index (Phi) is 3.93. The van der Waals surface area contributed by atoms with Crippen molar-refractivity contribution in [2.24, 2.45) is 5.73 Å². The minimum atomic E-state index is -0.799. The lowest BCUT2D eigenvalue weighted by atomic mass is 9.99. The van der Waals surface area contributed by atoms with E-state index in [1.54, 1.807) is 18.2 Å². The fourth-order valence-corrected chi connectivity index (χ4v) is 2.72. The van der Waals surface area contributed by atoms with Crippen molar-refractivity contribution in [3.8, 4) is 17.7 Å². The monoisotopic (exact) mass is 324 g/mol. The Balaban J connectivity index is 1.98. The maximum absolute atomic E-state index is 11.7. The number of amides is 1. The third-order valence-corrected chi connectivity index (χ3v) is 3.88. The second-order valence-electron chi connectivity index (χ2n) is 5.73. The lowest BCUT2D eigenvalue weighted by Crippen LogP contribution is -2.47. The fraction of sp³-hybridized carbons (Fsp3) is 0.235. The van der Waals surface area contributed by atoms with E-state index in [1.807, 2.05) is 19.9 Å². The molecule has 7 heteroatoms. The molecule has 1 aliphatic heterocycles. The summed E-state index contributed by atoms with van der Waals surface area (Å²) in [5.74, 6) is 0.142. The van der Waals surface area contributed by atoms with E-state index < -0.39 is 11.9 Å². The first kappa shape index (κ1) is 15.9. The van der Waals surface area contributed by atoms with Crippen LogP contribution in [0.5, 0.6) is 11.6 Å². The van der Waals surface area contributed by atoms with Crippen molar-refractivity contribution in [3.63, 3.8) is 0 Å². The summed E-state index contributed by atoms with van der Waals surface area (Å²) in [6.07, 6.45) is 0.299. The number of rotatable bonds is 2. The van der Waals surface area contributed by atoms with Crippen molar-refractivity contribution in [3.05, 3.63) is 46.6 Å². The Labute approximate surface area is 138 Å². The number of hydrogen-bond acceptors (Lipinski definition) is 6. The van der Waals surface area contributed by atoms with E-state index in [1.165, 1.54) is 0 Å². The molecule has 1 aromatic carbocycles. The zero-order valence-corrected chi connectivity index (χ0v) is 13.3. The lowest BCUT2D eigenvalue weighted by Gasteiger charge is -2.27. The van der Waals surface area contributed by atoms with Gasteiger partial charge in [0.25, 0.3) is 5.91 Å². The number of carbonyl (C=O) groups excluding carboxylic acids is 1. The molecular weight excluding hydrogens is 308 g/mol. The van der Waals surface area contributed by atoms with Gasteiger partial charge < -0.3 is 10.5 Å². The summed E-state index contributed by atoms with van der Waals surface area (Å²) >= 11 is 0. The van der Waals surface area contributed by atoms with Gasteiger partial charge in [0.2, 0.25) is 5.88 Å². The number of aryl methyl sites for hydroxylation is 2. The number of carbonyl (C=O) groups is 1. The van der Waals surface area contributed by atoms with E-state index in [0.717, 1.165) is 11.3 Å². The first-order valence-corrected chi connectivity index (χ1v) is 7.38. The summed E-state index contributed by atoms with van der Waals surface area (Å²) in [5, 5.41) is 19.7. The van der Waals surface area contributed by atoms with Gasteiger partial charge in [0.15, 0.2) is 0 Å². The predicted molar refractivity (Wildman–Crippen MR) is 85.9 cm³/mol. The number of pyridine rings is 1. The Morgan fingerprint density at radius 3 is 2.88 bits per heavy atom. The van der Waals surface area contributed by atoms with Crippen molar-refractivity contribution in [2.45, 2.75) is 26.3 Å². The molecule has 3 N–H and O–H groups in total.